The highest BCUT2D eigenvalue weighted by atomic mass is 19.1. The van der Waals surface area contributed by atoms with Gasteiger partial charge in [-0.2, -0.15) is 0 Å². The van der Waals surface area contributed by atoms with E-state index in [-0.39, 0.29) is 17.9 Å². The Kier molecular flexibility index (Phi) is 6.31. The van der Waals surface area contributed by atoms with Crippen molar-refractivity contribution in [2.75, 3.05) is 11.9 Å². The van der Waals surface area contributed by atoms with E-state index in [1.165, 1.54) is 24.3 Å². The van der Waals surface area contributed by atoms with Crippen molar-refractivity contribution in [2.24, 2.45) is 0 Å². The summed E-state index contributed by atoms with van der Waals surface area (Å²) in [6.45, 7) is -0.662. The molecule has 1 N–H and O–H groups in total. The fraction of sp³-hybridized carbons (Fsp3) is 0.176. The van der Waals surface area contributed by atoms with Gasteiger partial charge in [-0.3, -0.25) is 19.7 Å². The van der Waals surface area contributed by atoms with Gasteiger partial charge in [0.1, 0.15) is 11.6 Å². The summed E-state index contributed by atoms with van der Waals surface area (Å²) in [4.78, 5) is 33.2. The molecule has 0 bridgehead atoms. The molecule has 0 aliphatic carbocycles. The lowest BCUT2D eigenvalue weighted by atomic mass is 10.1. The number of ether oxygens (including phenoxy) is 1. The van der Waals surface area contributed by atoms with Crippen LogP contribution in [0.3, 0.4) is 0 Å². The fourth-order valence-electron chi connectivity index (χ4n) is 2.02. The number of hydrogen-bond donors (Lipinski definition) is 1. The summed E-state index contributed by atoms with van der Waals surface area (Å²) in [5.74, 6) is -2.74. The number of carbonyl (C=O) groups excluding carboxylic acids is 2. The second-order valence-electron chi connectivity index (χ2n) is 5.26. The van der Waals surface area contributed by atoms with Gasteiger partial charge in [0.15, 0.2) is 6.61 Å². The molecule has 0 radical (unpaired) electrons. The maximum absolute atomic E-state index is 13.6. The van der Waals surface area contributed by atoms with Crippen LogP contribution in [0, 0.1) is 21.7 Å². The molecular weight excluding hydrogens is 350 g/mol. The number of nitro groups is 1. The summed E-state index contributed by atoms with van der Waals surface area (Å²) in [6, 6.07) is 8.26. The molecule has 0 aliphatic rings. The van der Waals surface area contributed by atoms with Crippen molar-refractivity contribution in [3.05, 3.63) is 69.8 Å². The van der Waals surface area contributed by atoms with Gasteiger partial charge in [-0.25, -0.2) is 8.78 Å². The summed E-state index contributed by atoms with van der Waals surface area (Å²) in [7, 11) is 0. The van der Waals surface area contributed by atoms with Gasteiger partial charge >= 0.3 is 5.97 Å². The predicted molar refractivity (Wildman–Crippen MR) is 87.4 cm³/mol. The Hall–Kier alpha value is -3.36. The zero-order chi connectivity index (χ0) is 19.1. The number of non-ortho nitro benzene ring substituents is 1. The second-order valence-corrected chi connectivity index (χ2v) is 5.26. The Bertz CT molecular complexity index is 824. The van der Waals surface area contributed by atoms with E-state index in [1.54, 1.807) is 0 Å². The fourth-order valence-corrected chi connectivity index (χ4v) is 2.02. The number of carbonyl (C=O) groups is 2. The standard InChI is InChI=1S/C17H14F2N2O5/c18-12-4-1-11(2-5-12)3-8-17(23)26-10-16(22)20-15-9-13(21(24)25)6-7-14(15)19/h1-2,4-7,9H,3,8,10H2,(H,20,22). The van der Waals surface area contributed by atoms with Crippen LogP contribution in [0.5, 0.6) is 0 Å². The lowest BCUT2D eigenvalue weighted by molar-refractivity contribution is -0.384. The van der Waals surface area contributed by atoms with Crippen molar-refractivity contribution in [2.45, 2.75) is 12.8 Å². The summed E-state index contributed by atoms with van der Waals surface area (Å²) in [5, 5.41) is 12.8. The number of halogens is 2. The first-order valence-corrected chi connectivity index (χ1v) is 7.49. The SMILES string of the molecule is O=C(COC(=O)CCc1ccc(F)cc1)Nc1cc([N+](=O)[O-])ccc1F. The summed E-state index contributed by atoms with van der Waals surface area (Å²) >= 11 is 0. The predicted octanol–water partition coefficient (Wildman–Crippen LogP) is 2.99. The van der Waals surface area contributed by atoms with Crippen LogP contribution < -0.4 is 5.32 Å². The molecule has 7 nitrogen and oxygen atoms in total. The van der Waals surface area contributed by atoms with Gasteiger partial charge in [-0.15, -0.1) is 0 Å². The molecule has 0 unspecified atom stereocenters. The van der Waals surface area contributed by atoms with E-state index in [4.69, 9.17) is 4.74 Å². The van der Waals surface area contributed by atoms with Crippen LogP contribution in [0.2, 0.25) is 0 Å². The number of rotatable bonds is 7. The second kappa shape index (κ2) is 8.65. The number of nitrogens with one attached hydrogen (secondary N) is 1. The third-order valence-electron chi connectivity index (χ3n) is 3.33. The first-order chi connectivity index (χ1) is 12.3. The smallest absolute Gasteiger partial charge is 0.306 e. The third kappa shape index (κ3) is 5.62. The van der Waals surface area contributed by atoms with Gasteiger partial charge in [-0.05, 0) is 30.2 Å². The number of anilines is 1. The van der Waals surface area contributed by atoms with Crippen molar-refractivity contribution < 1.29 is 28.0 Å². The number of benzene rings is 2. The highest BCUT2D eigenvalue weighted by molar-refractivity contribution is 5.93. The zero-order valence-corrected chi connectivity index (χ0v) is 13.4. The van der Waals surface area contributed by atoms with Gasteiger partial charge in [0.25, 0.3) is 11.6 Å². The molecule has 136 valence electrons. The molecule has 26 heavy (non-hydrogen) atoms. The molecule has 0 aliphatic heterocycles. The maximum atomic E-state index is 13.6. The number of aryl methyl sites for hydroxylation is 1. The van der Waals surface area contributed by atoms with Crippen molar-refractivity contribution >= 4 is 23.3 Å². The molecule has 2 rings (SSSR count). The van der Waals surface area contributed by atoms with Crippen molar-refractivity contribution in [3.8, 4) is 0 Å². The van der Waals surface area contributed by atoms with E-state index in [9.17, 15) is 28.5 Å². The first-order valence-electron chi connectivity index (χ1n) is 7.49. The minimum atomic E-state index is -0.855. The normalized spacial score (nSPS) is 10.2. The van der Waals surface area contributed by atoms with Crippen molar-refractivity contribution in [3.63, 3.8) is 0 Å². The molecule has 1 amide bonds. The lowest BCUT2D eigenvalue weighted by Gasteiger charge is -2.07. The van der Waals surface area contributed by atoms with Gasteiger partial charge in [0.2, 0.25) is 0 Å². The van der Waals surface area contributed by atoms with E-state index in [2.05, 4.69) is 5.32 Å². The molecule has 2 aromatic rings. The molecular formula is C17H14F2N2O5. The molecule has 0 atom stereocenters. The molecule has 9 heteroatoms. The third-order valence-corrected chi connectivity index (χ3v) is 3.33. The first kappa shape index (κ1) is 19.0. The highest BCUT2D eigenvalue weighted by Gasteiger charge is 2.14. The summed E-state index contributed by atoms with van der Waals surface area (Å²) < 4.78 is 31.1. The average Bonchev–Trinajstić information content (AvgIpc) is 2.61. The van der Waals surface area contributed by atoms with Gasteiger partial charge < -0.3 is 10.1 Å². The Morgan fingerprint density at radius 2 is 1.81 bits per heavy atom. The molecule has 0 saturated carbocycles. The van der Waals surface area contributed by atoms with Crippen molar-refractivity contribution in [1.82, 2.24) is 0 Å². The highest BCUT2D eigenvalue weighted by Crippen LogP contribution is 2.21. The maximum Gasteiger partial charge on any atom is 0.306 e. The van der Waals surface area contributed by atoms with Gasteiger partial charge in [0, 0.05) is 18.6 Å². The largest absolute Gasteiger partial charge is 0.456 e. The molecule has 0 spiro atoms. The molecule has 0 aromatic heterocycles. The number of nitrogens with zero attached hydrogens (tertiary/aromatic N) is 1. The molecule has 0 saturated heterocycles. The van der Waals surface area contributed by atoms with Crippen LogP contribution in [-0.4, -0.2) is 23.4 Å². The number of amides is 1. The monoisotopic (exact) mass is 364 g/mol. The molecule has 0 heterocycles. The molecule has 2 aromatic carbocycles. The summed E-state index contributed by atoms with van der Waals surface area (Å²) in [6.07, 6.45) is 0.282. The van der Waals surface area contributed by atoms with Gasteiger partial charge in [0.05, 0.1) is 10.6 Å². The average molecular weight is 364 g/mol. The topological polar surface area (TPSA) is 98.5 Å². The van der Waals surface area contributed by atoms with E-state index in [1.807, 2.05) is 0 Å². The lowest BCUT2D eigenvalue weighted by Crippen LogP contribution is -2.21. The van der Waals surface area contributed by atoms with Crippen molar-refractivity contribution in [1.29, 1.82) is 0 Å². The van der Waals surface area contributed by atoms with Crippen LogP contribution >= 0.6 is 0 Å². The Balaban J connectivity index is 1.81. The molecule has 0 fully saturated rings. The Morgan fingerprint density at radius 1 is 1.12 bits per heavy atom. The number of hydrogen-bond acceptors (Lipinski definition) is 5. The quantitative estimate of drug-likeness (QED) is 0.463. The van der Waals surface area contributed by atoms with Gasteiger partial charge in [-0.1, -0.05) is 12.1 Å². The van der Waals surface area contributed by atoms with Crippen LogP contribution in [0.1, 0.15) is 12.0 Å². The summed E-state index contributed by atoms with van der Waals surface area (Å²) in [5.41, 5.74) is -0.0454. The van der Waals surface area contributed by atoms with E-state index in [0.29, 0.717) is 6.42 Å². The Labute approximate surface area is 146 Å². The van der Waals surface area contributed by atoms with Crippen LogP contribution in [-0.2, 0) is 20.7 Å². The van der Waals surface area contributed by atoms with E-state index >= 15 is 0 Å². The number of esters is 1. The van der Waals surface area contributed by atoms with Crippen LogP contribution in [0.15, 0.2) is 42.5 Å². The zero-order valence-electron chi connectivity index (χ0n) is 13.4. The van der Waals surface area contributed by atoms with E-state index in [0.717, 1.165) is 23.8 Å². The van der Waals surface area contributed by atoms with E-state index < -0.39 is 34.9 Å². The minimum absolute atomic E-state index is 0.0237. The number of nitro benzene ring substituents is 1. The van der Waals surface area contributed by atoms with Crippen LogP contribution in [0.4, 0.5) is 20.2 Å². The van der Waals surface area contributed by atoms with Crippen LogP contribution in [0.25, 0.3) is 0 Å². The Morgan fingerprint density at radius 3 is 2.46 bits per heavy atom. The minimum Gasteiger partial charge on any atom is -0.456 e.